The normalized spacial score (nSPS) is 48.7. The summed E-state index contributed by atoms with van der Waals surface area (Å²) in [6.07, 6.45) is 10.1. The first-order valence-electron chi connectivity index (χ1n) is 10.8. The van der Waals surface area contributed by atoms with Gasteiger partial charge in [-0.1, -0.05) is 25.5 Å². The van der Waals surface area contributed by atoms with E-state index in [0.29, 0.717) is 17.8 Å². The van der Waals surface area contributed by atoms with Gasteiger partial charge in [0, 0.05) is 12.3 Å². The third-order valence-corrected chi connectivity index (χ3v) is 9.26. The number of fused-ring (bicyclic) bond motifs is 5. The van der Waals surface area contributed by atoms with Crippen molar-refractivity contribution >= 4 is 11.7 Å². The highest BCUT2D eigenvalue weighted by Crippen LogP contribution is 2.67. The lowest BCUT2D eigenvalue weighted by molar-refractivity contribution is -0.139. The van der Waals surface area contributed by atoms with Crippen molar-refractivity contribution in [2.45, 2.75) is 90.7 Å². The van der Waals surface area contributed by atoms with Gasteiger partial charge < -0.3 is 10.4 Å². The van der Waals surface area contributed by atoms with E-state index in [9.17, 15) is 14.7 Å². The standard InChI is InChI=1S/C23H35NO3/c1-14(25)23(24-15(2)26)12-9-20-18-6-5-16-13-17(27)7-10-21(16,3)19(18)8-11-22(20,23)4/h5,17-20,27H,6-13H2,1-4H3,(H,24,26)/t17-,18?,19?,20?,21-,22-,23-/m0/s1. The van der Waals surface area contributed by atoms with E-state index in [1.165, 1.54) is 12.5 Å². The van der Waals surface area contributed by atoms with Crippen molar-refractivity contribution in [1.29, 1.82) is 0 Å². The van der Waals surface area contributed by atoms with E-state index < -0.39 is 5.54 Å². The molecule has 1 amide bonds. The van der Waals surface area contributed by atoms with E-state index in [1.807, 2.05) is 0 Å². The third-order valence-electron chi connectivity index (χ3n) is 9.26. The number of nitrogens with one attached hydrogen (secondary N) is 1. The van der Waals surface area contributed by atoms with Gasteiger partial charge in [0.2, 0.25) is 5.91 Å². The second-order valence-corrected chi connectivity index (χ2v) is 10.3. The molecule has 4 rings (SSSR count). The van der Waals surface area contributed by atoms with Crippen LogP contribution in [0, 0.1) is 28.6 Å². The summed E-state index contributed by atoms with van der Waals surface area (Å²) in [7, 11) is 0. The van der Waals surface area contributed by atoms with Crippen molar-refractivity contribution in [3.8, 4) is 0 Å². The second kappa shape index (κ2) is 6.17. The van der Waals surface area contributed by atoms with Crippen LogP contribution in [0.4, 0.5) is 0 Å². The minimum absolute atomic E-state index is 0.0896. The Hall–Kier alpha value is -1.16. The van der Waals surface area contributed by atoms with Crippen molar-refractivity contribution < 1.29 is 14.7 Å². The van der Waals surface area contributed by atoms with Gasteiger partial charge in [0.1, 0.15) is 5.54 Å². The Morgan fingerprint density at radius 2 is 1.78 bits per heavy atom. The van der Waals surface area contributed by atoms with Crippen LogP contribution in [0.15, 0.2) is 11.6 Å². The van der Waals surface area contributed by atoms with E-state index in [0.717, 1.165) is 51.4 Å². The highest BCUT2D eigenvalue weighted by atomic mass is 16.3. The molecule has 4 nitrogen and oxygen atoms in total. The number of allylic oxidation sites excluding steroid dienone is 1. The van der Waals surface area contributed by atoms with Crippen LogP contribution in [0.25, 0.3) is 0 Å². The van der Waals surface area contributed by atoms with Crippen LogP contribution in [-0.2, 0) is 9.59 Å². The molecule has 27 heavy (non-hydrogen) atoms. The van der Waals surface area contributed by atoms with Gasteiger partial charge in [0.05, 0.1) is 6.10 Å². The summed E-state index contributed by atoms with van der Waals surface area (Å²) in [6, 6.07) is 0. The highest BCUT2D eigenvalue weighted by Gasteiger charge is 2.66. The van der Waals surface area contributed by atoms with Crippen LogP contribution in [0.2, 0.25) is 0 Å². The molecule has 0 spiro atoms. The van der Waals surface area contributed by atoms with E-state index in [4.69, 9.17) is 0 Å². The zero-order valence-electron chi connectivity index (χ0n) is 17.3. The average Bonchev–Trinajstić information content (AvgIpc) is 2.89. The molecule has 0 radical (unpaired) electrons. The molecule has 4 heteroatoms. The Morgan fingerprint density at radius 1 is 1.07 bits per heavy atom. The molecule has 150 valence electrons. The molecule has 4 aliphatic carbocycles. The molecule has 3 fully saturated rings. The maximum Gasteiger partial charge on any atom is 0.217 e. The van der Waals surface area contributed by atoms with Crippen LogP contribution in [-0.4, -0.2) is 28.4 Å². The summed E-state index contributed by atoms with van der Waals surface area (Å²) in [5.74, 6) is 1.74. The van der Waals surface area contributed by atoms with Gasteiger partial charge in [-0.25, -0.2) is 0 Å². The number of amides is 1. The minimum Gasteiger partial charge on any atom is -0.393 e. The summed E-state index contributed by atoms with van der Waals surface area (Å²) in [6.45, 7) is 7.89. The molecule has 3 saturated carbocycles. The van der Waals surface area contributed by atoms with Crippen LogP contribution in [0.3, 0.4) is 0 Å². The van der Waals surface area contributed by atoms with Gasteiger partial charge in [0.15, 0.2) is 5.78 Å². The lowest BCUT2D eigenvalue weighted by atomic mass is 9.46. The van der Waals surface area contributed by atoms with E-state index in [2.05, 4.69) is 25.2 Å². The zero-order chi connectivity index (χ0) is 19.6. The predicted molar refractivity (Wildman–Crippen MR) is 105 cm³/mol. The first kappa shape index (κ1) is 19.2. The van der Waals surface area contributed by atoms with Crippen molar-refractivity contribution in [2.24, 2.45) is 28.6 Å². The summed E-state index contributed by atoms with van der Waals surface area (Å²) >= 11 is 0. The topological polar surface area (TPSA) is 66.4 Å². The first-order chi connectivity index (χ1) is 12.6. The van der Waals surface area contributed by atoms with Gasteiger partial charge in [-0.3, -0.25) is 9.59 Å². The lowest BCUT2D eigenvalue weighted by Gasteiger charge is -2.59. The van der Waals surface area contributed by atoms with Crippen molar-refractivity contribution in [3.63, 3.8) is 0 Å². The van der Waals surface area contributed by atoms with Gasteiger partial charge in [0.25, 0.3) is 0 Å². The van der Waals surface area contributed by atoms with E-state index in [1.54, 1.807) is 6.92 Å². The number of carbonyl (C=O) groups excluding carboxylic acids is 2. The molecule has 0 aliphatic heterocycles. The fourth-order valence-corrected chi connectivity index (χ4v) is 7.85. The molecular weight excluding hydrogens is 338 g/mol. The molecule has 0 saturated heterocycles. The molecule has 0 aromatic heterocycles. The Balaban J connectivity index is 1.70. The van der Waals surface area contributed by atoms with Crippen molar-refractivity contribution in [1.82, 2.24) is 5.32 Å². The Kier molecular flexibility index (Phi) is 4.38. The summed E-state index contributed by atoms with van der Waals surface area (Å²) in [4.78, 5) is 24.8. The number of Topliss-reactive ketones (excluding diaryl/α,β-unsaturated/α-hetero) is 1. The molecule has 0 heterocycles. The number of carbonyl (C=O) groups is 2. The smallest absolute Gasteiger partial charge is 0.217 e. The number of hydrogen-bond acceptors (Lipinski definition) is 3. The molecule has 3 unspecified atom stereocenters. The quantitative estimate of drug-likeness (QED) is 0.724. The first-order valence-corrected chi connectivity index (χ1v) is 10.8. The van der Waals surface area contributed by atoms with Crippen LogP contribution < -0.4 is 5.32 Å². The van der Waals surface area contributed by atoms with Crippen molar-refractivity contribution in [2.75, 3.05) is 0 Å². The minimum atomic E-state index is -0.692. The fourth-order valence-electron chi connectivity index (χ4n) is 7.85. The van der Waals surface area contributed by atoms with Gasteiger partial charge in [-0.15, -0.1) is 0 Å². The van der Waals surface area contributed by atoms with E-state index >= 15 is 0 Å². The van der Waals surface area contributed by atoms with E-state index in [-0.39, 0.29) is 28.6 Å². The van der Waals surface area contributed by atoms with Gasteiger partial charge in [-0.2, -0.15) is 0 Å². The van der Waals surface area contributed by atoms with Gasteiger partial charge >= 0.3 is 0 Å². The fraction of sp³-hybridized carbons (Fsp3) is 0.826. The summed E-state index contributed by atoms with van der Waals surface area (Å²) in [5, 5.41) is 13.3. The van der Waals surface area contributed by atoms with Gasteiger partial charge in [-0.05, 0) is 81.5 Å². The third kappa shape index (κ3) is 2.51. The molecule has 2 N–H and O–H groups in total. The zero-order valence-corrected chi connectivity index (χ0v) is 17.3. The lowest BCUT2D eigenvalue weighted by Crippen LogP contribution is -2.64. The molecule has 0 bridgehead atoms. The maximum absolute atomic E-state index is 12.8. The number of aliphatic hydroxyl groups excluding tert-OH is 1. The molecule has 0 aromatic rings. The maximum atomic E-state index is 12.8. The highest BCUT2D eigenvalue weighted by molar-refractivity contribution is 5.92. The predicted octanol–water partition coefficient (Wildman–Crippen LogP) is 3.77. The van der Waals surface area contributed by atoms with Crippen LogP contribution in [0.5, 0.6) is 0 Å². The molecule has 7 atom stereocenters. The van der Waals surface area contributed by atoms with Crippen LogP contribution >= 0.6 is 0 Å². The number of aliphatic hydroxyl groups is 1. The summed E-state index contributed by atoms with van der Waals surface area (Å²) in [5.41, 5.74) is 0.839. The number of hydrogen-bond donors (Lipinski definition) is 2. The molecule has 0 aromatic carbocycles. The number of rotatable bonds is 2. The average molecular weight is 374 g/mol. The molecule has 4 aliphatic rings. The Morgan fingerprint density at radius 3 is 2.44 bits per heavy atom. The Labute approximate surface area is 163 Å². The van der Waals surface area contributed by atoms with Crippen molar-refractivity contribution in [3.05, 3.63) is 11.6 Å². The number of ketones is 1. The largest absolute Gasteiger partial charge is 0.393 e. The Bertz CT molecular complexity index is 700. The SMILES string of the molecule is CC(=O)N[C@]1(C(C)=O)CCC2C3CC=C4C[C@@H](O)CC[C@]4(C)C3CC[C@@]21C. The summed E-state index contributed by atoms with van der Waals surface area (Å²) < 4.78 is 0. The second-order valence-electron chi connectivity index (χ2n) is 10.3. The molecular formula is C23H35NO3. The van der Waals surface area contributed by atoms with Crippen LogP contribution in [0.1, 0.15) is 79.1 Å². The monoisotopic (exact) mass is 373 g/mol.